The van der Waals surface area contributed by atoms with Crippen molar-refractivity contribution in [3.8, 4) is 0 Å². The minimum absolute atomic E-state index is 0.603. The van der Waals surface area contributed by atoms with Crippen molar-refractivity contribution in [1.82, 2.24) is 4.98 Å². The number of benzene rings is 1. The Bertz CT molecular complexity index is 552. The average Bonchev–Trinajstić information content (AvgIpc) is 2.41. The van der Waals surface area contributed by atoms with E-state index in [2.05, 4.69) is 43.4 Å². The summed E-state index contributed by atoms with van der Waals surface area (Å²) in [5, 5.41) is 4.61. The van der Waals surface area contributed by atoms with Gasteiger partial charge in [-0.25, -0.2) is 0 Å². The Hall–Kier alpha value is -1.61. The second-order valence-corrected chi connectivity index (χ2v) is 4.69. The topological polar surface area (TPSA) is 34.1 Å². The number of fused-ring (bicyclic) bond motifs is 1. The number of nitrogens with zero attached hydrogens (tertiary/aromatic N) is 1. The SMILES string of the molecule is CCCc1cc(NCC)c2cccc(COC)c2n1. The molecule has 3 heteroatoms. The molecule has 2 rings (SSSR count). The Morgan fingerprint density at radius 3 is 2.79 bits per heavy atom. The zero-order valence-corrected chi connectivity index (χ0v) is 12.0. The van der Waals surface area contributed by atoms with Crippen molar-refractivity contribution < 1.29 is 4.74 Å². The maximum atomic E-state index is 5.28. The summed E-state index contributed by atoms with van der Waals surface area (Å²) in [5.41, 5.74) is 4.53. The summed E-state index contributed by atoms with van der Waals surface area (Å²) in [4.78, 5) is 4.81. The molecule has 0 fully saturated rings. The Kier molecular flexibility index (Phi) is 4.74. The third-order valence-electron chi connectivity index (χ3n) is 3.15. The molecule has 0 aliphatic heterocycles. The van der Waals surface area contributed by atoms with E-state index in [-0.39, 0.29) is 0 Å². The van der Waals surface area contributed by atoms with Gasteiger partial charge in [-0.3, -0.25) is 4.98 Å². The van der Waals surface area contributed by atoms with Crippen molar-refractivity contribution >= 4 is 16.6 Å². The van der Waals surface area contributed by atoms with Gasteiger partial charge in [0.1, 0.15) is 0 Å². The summed E-state index contributed by atoms with van der Waals surface area (Å²) >= 11 is 0. The molecule has 0 unspecified atom stereocenters. The molecule has 1 aromatic heterocycles. The lowest BCUT2D eigenvalue weighted by Crippen LogP contribution is -2.02. The fourth-order valence-corrected chi connectivity index (χ4v) is 2.35. The third kappa shape index (κ3) is 3.04. The number of nitrogens with one attached hydrogen (secondary N) is 1. The maximum absolute atomic E-state index is 5.28. The van der Waals surface area contributed by atoms with Crippen LogP contribution in [0.4, 0.5) is 5.69 Å². The number of para-hydroxylation sites is 1. The number of rotatable bonds is 6. The van der Waals surface area contributed by atoms with Gasteiger partial charge in [0.2, 0.25) is 0 Å². The molecule has 102 valence electrons. The molecule has 0 amide bonds. The molecule has 2 aromatic rings. The van der Waals surface area contributed by atoms with Crippen LogP contribution < -0.4 is 5.32 Å². The predicted octanol–water partition coefficient (Wildman–Crippen LogP) is 3.77. The lowest BCUT2D eigenvalue weighted by atomic mass is 10.1. The smallest absolute Gasteiger partial charge is 0.0781 e. The Labute approximate surface area is 115 Å². The highest BCUT2D eigenvalue weighted by Crippen LogP contribution is 2.26. The van der Waals surface area contributed by atoms with E-state index < -0.39 is 0 Å². The molecule has 0 atom stereocenters. The van der Waals surface area contributed by atoms with Gasteiger partial charge in [-0.2, -0.15) is 0 Å². The first-order valence-corrected chi connectivity index (χ1v) is 6.94. The standard InChI is InChI=1S/C16H22N2O/c1-4-7-13-10-15(17-5-2)14-9-6-8-12(11-19-3)16(14)18-13/h6,8-10H,4-5,7,11H2,1-3H3,(H,17,18). The van der Waals surface area contributed by atoms with Crippen LogP contribution in [-0.4, -0.2) is 18.6 Å². The van der Waals surface area contributed by atoms with Gasteiger partial charge >= 0.3 is 0 Å². The van der Waals surface area contributed by atoms with Gasteiger partial charge in [-0.05, 0) is 19.4 Å². The number of ether oxygens (including phenoxy) is 1. The van der Waals surface area contributed by atoms with Crippen molar-refractivity contribution in [3.63, 3.8) is 0 Å². The van der Waals surface area contributed by atoms with E-state index in [0.29, 0.717) is 6.61 Å². The number of aryl methyl sites for hydroxylation is 1. The number of methoxy groups -OCH3 is 1. The molecule has 0 bridgehead atoms. The first-order valence-electron chi connectivity index (χ1n) is 6.94. The van der Waals surface area contributed by atoms with Gasteiger partial charge in [-0.1, -0.05) is 31.5 Å². The van der Waals surface area contributed by atoms with Gasteiger partial charge in [-0.15, -0.1) is 0 Å². The summed E-state index contributed by atoms with van der Waals surface area (Å²) in [6.45, 7) is 5.81. The normalized spacial score (nSPS) is 10.9. The van der Waals surface area contributed by atoms with Crippen LogP contribution in [0.2, 0.25) is 0 Å². The summed E-state index contributed by atoms with van der Waals surface area (Å²) in [5.74, 6) is 0. The zero-order chi connectivity index (χ0) is 13.7. The van der Waals surface area contributed by atoms with Crippen LogP contribution in [0.25, 0.3) is 10.9 Å². The predicted molar refractivity (Wildman–Crippen MR) is 80.6 cm³/mol. The lowest BCUT2D eigenvalue weighted by molar-refractivity contribution is 0.186. The lowest BCUT2D eigenvalue weighted by Gasteiger charge is -2.13. The minimum Gasteiger partial charge on any atom is -0.385 e. The molecule has 0 radical (unpaired) electrons. The Morgan fingerprint density at radius 1 is 1.26 bits per heavy atom. The van der Waals surface area contributed by atoms with Crippen LogP contribution in [-0.2, 0) is 17.8 Å². The van der Waals surface area contributed by atoms with Crippen LogP contribution in [0, 0.1) is 0 Å². The molecule has 19 heavy (non-hydrogen) atoms. The second-order valence-electron chi connectivity index (χ2n) is 4.69. The quantitative estimate of drug-likeness (QED) is 0.856. The number of hydrogen-bond donors (Lipinski definition) is 1. The minimum atomic E-state index is 0.603. The van der Waals surface area contributed by atoms with Gasteiger partial charge < -0.3 is 10.1 Å². The maximum Gasteiger partial charge on any atom is 0.0781 e. The van der Waals surface area contributed by atoms with Gasteiger partial charge in [0, 0.05) is 36.0 Å². The first-order chi connectivity index (χ1) is 9.30. The third-order valence-corrected chi connectivity index (χ3v) is 3.15. The van der Waals surface area contributed by atoms with E-state index in [1.807, 2.05) is 0 Å². The molecule has 0 aliphatic rings. The van der Waals surface area contributed by atoms with Gasteiger partial charge in [0.05, 0.1) is 12.1 Å². The summed E-state index contributed by atoms with van der Waals surface area (Å²) < 4.78 is 5.28. The molecule has 0 saturated carbocycles. The van der Waals surface area contributed by atoms with E-state index in [4.69, 9.17) is 9.72 Å². The fourth-order valence-electron chi connectivity index (χ4n) is 2.35. The van der Waals surface area contributed by atoms with E-state index in [9.17, 15) is 0 Å². The van der Waals surface area contributed by atoms with E-state index >= 15 is 0 Å². The van der Waals surface area contributed by atoms with E-state index in [0.717, 1.165) is 36.2 Å². The summed E-state index contributed by atoms with van der Waals surface area (Å²) in [7, 11) is 1.72. The highest BCUT2D eigenvalue weighted by molar-refractivity contribution is 5.93. The Balaban J connectivity index is 2.60. The molecule has 0 aliphatic carbocycles. The number of anilines is 1. The molecule has 1 heterocycles. The number of hydrogen-bond acceptors (Lipinski definition) is 3. The monoisotopic (exact) mass is 258 g/mol. The molecule has 0 spiro atoms. The van der Waals surface area contributed by atoms with Crippen molar-refractivity contribution in [2.24, 2.45) is 0 Å². The van der Waals surface area contributed by atoms with Crippen LogP contribution in [0.1, 0.15) is 31.5 Å². The van der Waals surface area contributed by atoms with Crippen molar-refractivity contribution in [1.29, 1.82) is 0 Å². The zero-order valence-electron chi connectivity index (χ0n) is 12.0. The van der Waals surface area contributed by atoms with E-state index in [1.165, 1.54) is 11.1 Å². The highest BCUT2D eigenvalue weighted by atomic mass is 16.5. The summed E-state index contributed by atoms with van der Waals surface area (Å²) in [6.07, 6.45) is 2.12. The van der Waals surface area contributed by atoms with E-state index in [1.54, 1.807) is 7.11 Å². The largest absolute Gasteiger partial charge is 0.385 e. The van der Waals surface area contributed by atoms with Crippen molar-refractivity contribution in [3.05, 3.63) is 35.5 Å². The second kappa shape index (κ2) is 6.53. The molecular weight excluding hydrogens is 236 g/mol. The van der Waals surface area contributed by atoms with Crippen LogP contribution in [0.3, 0.4) is 0 Å². The van der Waals surface area contributed by atoms with Crippen molar-refractivity contribution in [2.75, 3.05) is 19.0 Å². The summed E-state index contributed by atoms with van der Waals surface area (Å²) in [6, 6.07) is 8.45. The van der Waals surface area contributed by atoms with Crippen LogP contribution in [0.15, 0.2) is 24.3 Å². The van der Waals surface area contributed by atoms with Crippen LogP contribution in [0.5, 0.6) is 0 Å². The molecule has 1 N–H and O–H groups in total. The average molecular weight is 258 g/mol. The van der Waals surface area contributed by atoms with Gasteiger partial charge in [0.25, 0.3) is 0 Å². The number of pyridine rings is 1. The Morgan fingerprint density at radius 2 is 2.11 bits per heavy atom. The van der Waals surface area contributed by atoms with Crippen LogP contribution >= 0.6 is 0 Å². The molecular formula is C16H22N2O. The molecule has 0 saturated heterocycles. The first kappa shape index (κ1) is 13.8. The fraction of sp³-hybridized carbons (Fsp3) is 0.438. The van der Waals surface area contributed by atoms with Crippen molar-refractivity contribution in [2.45, 2.75) is 33.3 Å². The molecule has 3 nitrogen and oxygen atoms in total. The van der Waals surface area contributed by atoms with Gasteiger partial charge in [0.15, 0.2) is 0 Å². The molecule has 1 aromatic carbocycles. The number of aromatic nitrogens is 1. The highest BCUT2D eigenvalue weighted by Gasteiger charge is 2.08.